The number of phenols is 2. The molecule has 0 atom stereocenters. The third kappa shape index (κ3) is 4.07. The van der Waals surface area contributed by atoms with Gasteiger partial charge < -0.3 is 20.4 Å². The lowest BCUT2D eigenvalue weighted by Gasteiger charge is -2.29. The number of piperazine rings is 1. The lowest BCUT2D eigenvalue weighted by molar-refractivity contribution is 0.447. The SMILES string of the molecule is Cc1ccc(CCc2cc(-c3n[nH]cc3N3CCNCC3)c(O)cc2O)c(C)c1. The van der Waals surface area contributed by atoms with E-state index in [1.807, 2.05) is 12.3 Å². The first kappa shape index (κ1) is 19.3. The van der Waals surface area contributed by atoms with Crippen LogP contribution in [0.25, 0.3) is 11.3 Å². The van der Waals surface area contributed by atoms with Gasteiger partial charge in [0.2, 0.25) is 0 Å². The van der Waals surface area contributed by atoms with Crippen molar-refractivity contribution in [1.29, 1.82) is 0 Å². The van der Waals surface area contributed by atoms with Gasteiger partial charge in [0.05, 0.1) is 5.69 Å². The fourth-order valence-electron chi connectivity index (χ4n) is 4.04. The Bertz CT molecular complexity index is 1010. The standard InChI is InChI=1S/C23H28N4O2/c1-15-3-4-17(16(2)11-15)5-6-18-12-19(22(29)13-21(18)28)23-20(14-25-26-23)27-9-7-24-8-10-27/h3-4,11-14,24,28-29H,5-10H2,1-2H3,(H,25,26). The molecule has 2 heterocycles. The van der Waals surface area contributed by atoms with Crippen molar-refractivity contribution < 1.29 is 10.2 Å². The summed E-state index contributed by atoms with van der Waals surface area (Å²) in [5.74, 6) is 0.163. The second-order valence-electron chi connectivity index (χ2n) is 7.78. The molecule has 152 valence electrons. The minimum absolute atomic E-state index is 0.0428. The molecule has 1 fully saturated rings. The third-order valence-corrected chi connectivity index (χ3v) is 5.69. The Morgan fingerprint density at radius 1 is 0.966 bits per heavy atom. The van der Waals surface area contributed by atoms with Crippen molar-refractivity contribution >= 4 is 5.69 Å². The van der Waals surface area contributed by atoms with Gasteiger partial charge in [-0.2, -0.15) is 5.10 Å². The number of aryl methyl sites for hydroxylation is 4. The molecule has 1 aromatic heterocycles. The quantitative estimate of drug-likeness (QED) is 0.535. The second kappa shape index (κ2) is 8.17. The predicted molar refractivity (Wildman–Crippen MR) is 116 cm³/mol. The molecule has 0 aliphatic carbocycles. The molecule has 1 aliphatic rings. The Kier molecular flexibility index (Phi) is 5.45. The Hall–Kier alpha value is -2.99. The van der Waals surface area contributed by atoms with Crippen LogP contribution in [0.15, 0.2) is 36.5 Å². The van der Waals surface area contributed by atoms with Gasteiger partial charge in [0.15, 0.2) is 0 Å². The van der Waals surface area contributed by atoms with E-state index in [-0.39, 0.29) is 11.5 Å². The summed E-state index contributed by atoms with van der Waals surface area (Å²) < 4.78 is 0. The number of hydrogen-bond acceptors (Lipinski definition) is 5. The molecule has 0 saturated carbocycles. The minimum Gasteiger partial charge on any atom is -0.508 e. The maximum Gasteiger partial charge on any atom is 0.128 e. The van der Waals surface area contributed by atoms with E-state index in [2.05, 4.69) is 52.5 Å². The van der Waals surface area contributed by atoms with E-state index in [1.54, 1.807) is 0 Å². The van der Waals surface area contributed by atoms with Gasteiger partial charge in [0, 0.05) is 44.0 Å². The van der Waals surface area contributed by atoms with Crippen LogP contribution in [0.1, 0.15) is 22.3 Å². The predicted octanol–water partition coefficient (Wildman–Crippen LogP) is 3.30. The maximum absolute atomic E-state index is 10.5. The second-order valence-corrected chi connectivity index (χ2v) is 7.78. The normalized spacial score (nSPS) is 14.3. The summed E-state index contributed by atoms with van der Waals surface area (Å²) in [7, 11) is 0. The van der Waals surface area contributed by atoms with Crippen LogP contribution in [0.5, 0.6) is 11.5 Å². The first-order valence-electron chi connectivity index (χ1n) is 10.1. The van der Waals surface area contributed by atoms with Gasteiger partial charge in [-0.05, 0) is 49.4 Å². The van der Waals surface area contributed by atoms with Crippen LogP contribution in [0, 0.1) is 13.8 Å². The molecular formula is C23H28N4O2. The lowest BCUT2D eigenvalue weighted by Crippen LogP contribution is -2.43. The molecule has 4 rings (SSSR count). The summed E-state index contributed by atoms with van der Waals surface area (Å²) in [5, 5.41) is 31.6. The number of rotatable bonds is 5. The van der Waals surface area contributed by atoms with E-state index in [1.165, 1.54) is 22.8 Å². The zero-order valence-electron chi connectivity index (χ0n) is 17.0. The third-order valence-electron chi connectivity index (χ3n) is 5.69. The Morgan fingerprint density at radius 2 is 1.72 bits per heavy atom. The fourth-order valence-corrected chi connectivity index (χ4v) is 4.04. The number of phenolic OH excluding ortho intramolecular Hbond substituents is 2. The average Bonchev–Trinajstić information content (AvgIpc) is 3.19. The van der Waals surface area contributed by atoms with E-state index in [9.17, 15) is 10.2 Å². The van der Waals surface area contributed by atoms with Crippen LogP contribution in [-0.4, -0.2) is 46.6 Å². The molecule has 0 spiro atoms. The van der Waals surface area contributed by atoms with Crippen molar-refractivity contribution in [2.45, 2.75) is 26.7 Å². The number of benzene rings is 2. The summed E-state index contributed by atoms with van der Waals surface area (Å²) in [5.41, 5.74) is 6.94. The fraction of sp³-hybridized carbons (Fsp3) is 0.348. The number of aromatic amines is 1. The first-order chi connectivity index (χ1) is 14.0. The summed E-state index contributed by atoms with van der Waals surface area (Å²) in [6, 6.07) is 9.76. The van der Waals surface area contributed by atoms with Gasteiger partial charge >= 0.3 is 0 Å². The minimum atomic E-state index is 0.0428. The molecule has 0 radical (unpaired) electrons. The number of nitrogens with one attached hydrogen (secondary N) is 2. The summed E-state index contributed by atoms with van der Waals surface area (Å²) >= 11 is 0. The van der Waals surface area contributed by atoms with E-state index >= 15 is 0 Å². The van der Waals surface area contributed by atoms with Crippen LogP contribution in [0.2, 0.25) is 0 Å². The summed E-state index contributed by atoms with van der Waals surface area (Å²) in [6.45, 7) is 7.85. The molecule has 0 unspecified atom stereocenters. The van der Waals surface area contributed by atoms with Crippen molar-refractivity contribution in [3.05, 3.63) is 58.8 Å². The van der Waals surface area contributed by atoms with Crippen molar-refractivity contribution in [1.82, 2.24) is 15.5 Å². The Balaban J connectivity index is 1.62. The number of hydrogen-bond donors (Lipinski definition) is 4. The monoisotopic (exact) mass is 392 g/mol. The molecule has 6 nitrogen and oxygen atoms in total. The highest BCUT2D eigenvalue weighted by Gasteiger charge is 2.21. The zero-order chi connectivity index (χ0) is 20.4. The van der Waals surface area contributed by atoms with Crippen LogP contribution in [0.4, 0.5) is 5.69 Å². The highest BCUT2D eigenvalue weighted by Crippen LogP contribution is 2.38. The van der Waals surface area contributed by atoms with E-state index in [0.717, 1.165) is 49.5 Å². The molecule has 3 aromatic rings. The highest BCUT2D eigenvalue weighted by molar-refractivity contribution is 5.80. The number of anilines is 1. The van der Waals surface area contributed by atoms with Gasteiger partial charge in [-0.1, -0.05) is 23.8 Å². The van der Waals surface area contributed by atoms with Gasteiger partial charge in [-0.25, -0.2) is 0 Å². The van der Waals surface area contributed by atoms with Crippen LogP contribution in [0.3, 0.4) is 0 Å². The van der Waals surface area contributed by atoms with E-state index in [0.29, 0.717) is 12.0 Å². The number of aromatic nitrogens is 2. The van der Waals surface area contributed by atoms with Crippen molar-refractivity contribution in [3.8, 4) is 22.8 Å². The summed E-state index contributed by atoms with van der Waals surface area (Å²) in [4.78, 5) is 2.26. The van der Waals surface area contributed by atoms with Gasteiger partial charge in [-0.3, -0.25) is 5.10 Å². The molecule has 29 heavy (non-hydrogen) atoms. The van der Waals surface area contributed by atoms with Crippen LogP contribution >= 0.6 is 0 Å². The van der Waals surface area contributed by atoms with E-state index in [4.69, 9.17) is 0 Å². The lowest BCUT2D eigenvalue weighted by atomic mass is 9.96. The Morgan fingerprint density at radius 3 is 2.48 bits per heavy atom. The molecule has 4 N–H and O–H groups in total. The number of aromatic hydroxyl groups is 2. The zero-order valence-corrected chi connectivity index (χ0v) is 17.0. The van der Waals surface area contributed by atoms with Crippen LogP contribution in [-0.2, 0) is 12.8 Å². The van der Waals surface area contributed by atoms with Crippen LogP contribution < -0.4 is 10.2 Å². The molecule has 0 bridgehead atoms. The maximum atomic E-state index is 10.5. The van der Waals surface area contributed by atoms with Crippen molar-refractivity contribution in [3.63, 3.8) is 0 Å². The van der Waals surface area contributed by atoms with Crippen molar-refractivity contribution in [2.24, 2.45) is 0 Å². The summed E-state index contributed by atoms with van der Waals surface area (Å²) in [6.07, 6.45) is 3.40. The molecule has 1 aliphatic heterocycles. The Labute approximate surface area is 171 Å². The number of nitrogens with zero attached hydrogens (tertiary/aromatic N) is 2. The highest BCUT2D eigenvalue weighted by atomic mass is 16.3. The average molecular weight is 393 g/mol. The van der Waals surface area contributed by atoms with Crippen molar-refractivity contribution in [2.75, 3.05) is 31.1 Å². The van der Waals surface area contributed by atoms with Gasteiger partial charge in [0.25, 0.3) is 0 Å². The largest absolute Gasteiger partial charge is 0.508 e. The molecule has 1 saturated heterocycles. The molecular weight excluding hydrogens is 364 g/mol. The van der Waals surface area contributed by atoms with Gasteiger partial charge in [-0.15, -0.1) is 0 Å². The first-order valence-corrected chi connectivity index (χ1v) is 10.1. The van der Waals surface area contributed by atoms with E-state index < -0.39 is 0 Å². The smallest absolute Gasteiger partial charge is 0.128 e. The molecule has 6 heteroatoms. The molecule has 2 aromatic carbocycles. The topological polar surface area (TPSA) is 84.4 Å². The number of H-pyrrole nitrogens is 1. The molecule has 0 amide bonds. The van der Waals surface area contributed by atoms with Gasteiger partial charge in [0.1, 0.15) is 17.2 Å².